The predicted octanol–water partition coefficient (Wildman–Crippen LogP) is 2.41. The van der Waals surface area contributed by atoms with E-state index in [-0.39, 0.29) is 0 Å². The fourth-order valence-corrected chi connectivity index (χ4v) is 3.72. The number of rotatable bonds is 2. The number of anilines is 1. The highest BCUT2D eigenvalue weighted by Crippen LogP contribution is 2.32. The highest BCUT2D eigenvalue weighted by molar-refractivity contribution is 7.98. The zero-order valence-electron chi connectivity index (χ0n) is 12.8. The van der Waals surface area contributed by atoms with Crippen molar-refractivity contribution in [1.82, 2.24) is 15.3 Å². The number of aromatic nitrogens is 2. The molecule has 0 atom stereocenters. The van der Waals surface area contributed by atoms with E-state index in [1.807, 2.05) is 0 Å². The van der Waals surface area contributed by atoms with Crippen molar-refractivity contribution in [3.63, 3.8) is 0 Å². The molecule has 4 rings (SSSR count). The van der Waals surface area contributed by atoms with Crippen LogP contribution in [-0.4, -0.2) is 29.3 Å². The second-order valence-electron chi connectivity index (χ2n) is 5.83. The summed E-state index contributed by atoms with van der Waals surface area (Å²) in [6.07, 6.45) is 4.07. The molecule has 4 nitrogen and oxygen atoms in total. The summed E-state index contributed by atoms with van der Waals surface area (Å²) in [5.74, 6) is 1.15. The fraction of sp³-hybridized carbons (Fsp3) is 0.412. The van der Waals surface area contributed by atoms with Crippen LogP contribution in [0.5, 0.6) is 0 Å². The van der Waals surface area contributed by atoms with Crippen molar-refractivity contribution in [3.8, 4) is 0 Å². The molecule has 2 aromatic rings. The second-order valence-corrected chi connectivity index (χ2v) is 6.61. The third-order valence-corrected chi connectivity index (χ3v) is 5.01. The molecule has 1 aromatic carbocycles. The van der Waals surface area contributed by atoms with Gasteiger partial charge in [-0.15, -0.1) is 0 Å². The average Bonchev–Trinajstić information content (AvgIpc) is 2.84. The lowest BCUT2D eigenvalue weighted by atomic mass is 10.1. The lowest BCUT2D eigenvalue weighted by Gasteiger charge is -2.22. The van der Waals surface area contributed by atoms with E-state index in [1.54, 1.807) is 11.8 Å². The lowest BCUT2D eigenvalue weighted by Crippen LogP contribution is -2.20. The first-order valence-corrected chi connectivity index (χ1v) is 9.04. The number of nitrogens with zero attached hydrogens (tertiary/aromatic N) is 3. The summed E-state index contributed by atoms with van der Waals surface area (Å²) in [5.41, 5.74) is 5.42. The van der Waals surface area contributed by atoms with Crippen LogP contribution in [0, 0.1) is 0 Å². The van der Waals surface area contributed by atoms with E-state index in [4.69, 9.17) is 9.97 Å². The summed E-state index contributed by atoms with van der Waals surface area (Å²) in [6, 6.07) is 8.71. The third kappa shape index (κ3) is 2.48. The smallest absolute Gasteiger partial charge is 0.189 e. The zero-order chi connectivity index (χ0) is 14.9. The van der Waals surface area contributed by atoms with Gasteiger partial charge in [-0.1, -0.05) is 36.0 Å². The third-order valence-electron chi connectivity index (χ3n) is 4.46. The predicted molar refractivity (Wildman–Crippen MR) is 90.4 cm³/mol. The highest BCUT2D eigenvalue weighted by atomic mass is 32.2. The minimum atomic E-state index is 0.895. The van der Waals surface area contributed by atoms with Gasteiger partial charge < -0.3 is 10.2 Å². The fourth-order valence-electron chi connectivity index (χ4n) is 3.34. The molecular formula is C17H20N4S. The van der Waals surface area contributed by atoms with E-state index < -0.39 is 0 Å². The molecule has 0 bridgehead atoms. The lowest BCUT2D eigenvalue weighted by molar-refractivity contribution is 0.707. The summed E-state index contributed by atoms with van der Waals surface area (Å²) in [7, 11) is 0. The molecule has 0 radical (unpaired) electrons. The Balaban J connectivity index is 1.75. The number of fused-ring (bicyclic) bond motifs is 2. The van der Waals surface area contributed by atoms with Gasteiger partial charge >= 0.3 is 0 Å². The molecular weight excluding hydrogens is 292 g/mol. The maximum Gasteiger partial charge on any atom is 0.189 e. The van der Waals surface area contributed by atoms with Crippen molar-refractivity contribution in [3.05, 3.63) is 46.6 Å². The molecule has 1 N–H and O–H groups in total. The van der Waals surface area contributed by atoms with Crippen LogP contribution in [-0.2, 0) is 25.9 Å². The number of nitrogens with one attached hydrogen (secondary N) is 1. The normalized spacial score (nSPS) is 17.0. The largest absolute Gasteiger partial charge is 0.348 e. The molecule has 2 aliphatic heterocycles. The summed E-state index contributed by atoms with van der Waals surface area (Å²) in [4.78, 5) is 12.0. The van der Waals surface area contributed by atoms with Gasteiger partial charge in [0.25, 0.3) is 0 Å². The number of hydrogen-bond acceptors (Lipinski definition) is 5. The molecule has 0 unspecified atom stereocenters. The molecule has 0 fully saturated rings. The topological polar surface area (TPSA) is 41.1 Å². The summed E-state index contributed by atoms with van der Waals surface area (Å²) in [6.45, 7) is 3.95. The van der Waals surface area contributed by atoms with Gasteiger partial charge in [-0.2, -0.15) is 0 Å². The average molecular weight is 312 g/mol. The van der Waals surface area contributed by atoms with Crippen LogP contribution < -0.4 is 10.2 Å². The second kappa shape index (κ2) is 5.89. The molecule has 0 saturated carbocycles. The first-order valence-electron chi connectivity index (χ1n) is 7.81. The van der Waals surface area contributed by atoms with Crippen LogP contribution >= 0.6 is 11.8 Å². The molecule has 2 aliphatic rings. The summed E-state index contributed by atoms with van der Waals surface area (Å²) < 4.78 is 0. The van der Waals surface area contributed by atoms with Crippen molar-refractivity contribution >= 4 is 17.6 Å². The van der Waals surface area contributed by atoms with Gasteiger partial charge in [0.1, 0.15) is 5.82 Å². The Labute approximate surface area is 135 Å². The first kappa shape index (κ1) is 14.0. The first-order chi connectivity index (χ1) is 10.8. The van der Waals surface area contributed by atoms with Crippen molar-refractivity contribution in [1.29, 1.82) is 0 Å². The van der Waals surface area contributed by atoms with E-state index in [0.29, 0.717) is 0 Å². The number of thioether (sulfide) groups is 1. The molecule has 3 heterocycles. The van der Waals surface area contributed by atoms with Crippen LogP contribution in [0.1, 0.15) is 22.4 Å². The van der Waals surface area contributed by atoms with Gasteiger partial charge in [0.05, 0.1) is 5.69 Å². The Bertz CT molecular complexity index is 676. The molecule has 0 spiro atoms. The molecule has 0 saturated heterocycles. The summed E-state index contributed by atoms with van der Waals surface area (Å²) in [5, 5.41) is 4.37. The van der Waals surface area contributed by atoms with Crippen molar-refractivity contribution in [2.45, 2.75) is 31.1 Å². The van der Waals surface area contributed by atoms with Crippen LogP contribution in [0.2, 0.25) is 0 Å². The van der Waals surface area contributed by atoms with Gasteiger partial charge in [-0.3, -0.25) is 0 Å². The van der Waals surface area contributed by atoms with E-state index >= 15 is 0 Å². The standard InChI is InChI=1S/C17H20N4S/c1-22-17-19-15-7-9-18-8-6-14(15)16(20-17)21-10-12-4-2-3-5-13(12)11-21/h2-5,18H,6-11H2,1H3. The molecule has 1 aromatic heterocycles. The maximum absolute atomic E-state index is 4.86. The zero-order valence-corrected chi connectivity index (χ0v) is 13.6. The Morgan fingerprint density at radius 1 is 1.05 bits per heavy atom. The van der Waals surface area contributed by atoms with E-state index in [9.17, 15) is 0 Å². The molecule has 114 valence electrons. The van der Waals surface area contributed by atoms with Crippen molar-refractivity contribution in [2.24, 2.45) is 0 Å². The minimum absolute atomic E-state index is 0.895. The Kier molecular flexibility index (Phi) is 3.76. The van der Waals surface area contributed by atoms with Gasteiger partial charge in [0.15, 0.2) is 5.16 Å². The quantitative estimate of drug-likeness (QED) is 0.681. The molecule has 22 heavy (non-hydrogen) atoms. The Morgan fingerprint density at radius 2 is 1.77 bits per heavy atom. The molecule has 0 amide bonds. The summed E-state index contributed by atoms with van der Waals surface area (Å²) >= 11 is 1.64. The van der Waals surface area contributed by atoms with Crippen LogP contribution in [0.4, 0.5) is 5.82 Å². The number of hydrogen-bond donors (Lipinski definition) is 1. The van der Waals surface area contributed by atoms with Gasteiger partial charge in [0, 0.05) is 31.6 Å². The van der Waals surface area contributed by atoms with E-state index in [2.05, 4.69) is 40.7 Å². The van der Waals surface area contributed by atoms with Crippen LogP contribution in [0.25, 0.3) is 0 Å². The van der Waals surface area contributed by atoms with Gasteiger partial charge in [-0.05, 0) is 30.3 Å². The minimum Gasteiger partial charge on any atom is -0.348 e. The van der Waals surface area contributed by atoms with Crippen molar-refractivity contribution in [2.75, 3.05) is 24.2 Å². The van der Waals surface area contributed by atoms with E-state index in [1.165, 1.54) is 22.4 Å². The molecule has 0 aliphatic carbocycles. The molecule has 5 heteroatoms. The van der Waals surface area contributed by atoms with Gasteiger partial charge in [0.2, 0.25) is 0 Å². The highest BCUT2D eigenvalue weighted by Gasteiger charge is 2.25. The van der Waals surface area contributed by atoms with Crippen LogP contribution in [0.15, 0.2) is 29.4 Å². The monoisotopic (exact) mass is 312 g/mol. The van der Waals surface area contributed by atoms with Crippen LogP contribution in [0.3, 0.4) is 0 Å². The SMILES string of the molecule is CSc1nc2c(c(N3Cc4ccccc4C3)n1)CCNCC2. The Morgan fingerprint density at radius 3 is 2.50 bits per heavy atom. The Hall–Kier alpha value is -1.59. The number of benzene rings is 1. The van der Waals surface area contributed by atoms with Crippen molar-refractivity contribution < 1.29 is 0 Å². The van der Waals surface area contributed by atoms with Gasteiger partial charge in [-0.25, -0.2) is 9.97 Å². The van der Waals surface area contributed by atoms with E-state index in [0.717, 1.165) is 50.0 Å². The maximum atomic E-state index is 4.86.